The zero-order valence-corrected chi connectivity index (χ0v) is 11.0. The zero-order chi connectivity index (χ0) is 12.1. The minimum atomic E-state index is 0.658. The third kappa shape index (κ3) is 3.54. The van der Waals surface area contributed by atoms with Crippen molar-refractivity contribution < 1.29 is 0 Å². The van der Waals surface area contributed by atoms with Crippen LogP contribution >= 0.6 is 0 Å². The predicted octanol–water partition coefficient (Wildman–Crippen LogP) is 1.21. The van der Waals surface area contributed by atoms with Crippen LogP contribution < -0.4 is 10.6 Å². The summed E-state index contributed by atoms with van der Waals surface area (Å²) in [4.78, 5) is 0. The van der Waals surface area contributed by atoms with Gasteiger partial charge in [-0.1, -0.05) is 13.3 Å². The Morgan fingerprint density at radius 1 is 1.53 bits per heavy atom. The molecule has 2 rings (SSSR count). The van der Waals surface area contributed by atoms with Gasteiger partial charge in [-0.3, -0.25) is 4.68 Å². The van der Waals surface area contributed by atoms with Crippen LogP contribution in [0.5, 0.6) is 0 Å². The molecule has 0 aromatic carbocycles. The van der Waals surface area contributed by atoms with Gasteiger partial charge in [-0.15, -0.1) is 0 Å². The monoisotopic (exact) mass is 236 g/mol. The Bertz CT molecular complexity index is 339. The number of nitrogens with zero attached hydrogens (tertiary/aromatic N) is 2. The first-order valence-electron chi connectivity index (χ1n) is 6.75. The quantitative estimate of drug-likeness (QED) is 0.807. The largest absolute Gasteiger partial charge is 0.313 e. The molecule has 96 valence electrons. The molecular weight excluding hydrogens is 212 g/mol. The fraction of sp³-hybridized carbons (Fsp3) is 0.769. The average Bonchev–Trinajstić information content (AvgIpc) is 2.71. The maximum atomic E-state index is 4.46. The van der Waals surface area contributed by atoms with Gasteiger partial charge in [0.25, 0.3) is 0 Å². The molecule has 0 radical (unpaired) electrons. The molecule has 0 bridgehead atoms. The van der Waals surface area contributed by atoms with Crippen molar-refractivity contribution in [2.75, 3.05) is 13.1 Å². The maximum absolute atomic E-state index is 4.46. The molecule has 1 fully saturated rings. The van der Waals surface area contributed by atoms with Gasteiger partial charge < -0.3 is 10.6 Å². The van der Waals surface area contributed by atoms with Crippen molar-refractivity contribution in [1.82, 2.24) is 20.4 Å². The average molecular weight is 236 g/mol. The summed E-state index contributed by atoms with van der Waals surface area (Å²) in [7, 11) is 1.99. The van der Waals surface area contributed by atoms with Gasteiger partial charge in [0.1, 0.15) is 0 Å². The van der Waals surface area contributed by atoms with Crippen molar-refractivity contribution in [1.29, 1.82) is 0 Å². The molecule has 1 saturated heterocycles. The highest BCUT2D eigenvalue weighted by molar-refractivity contribution is 5.16. The maximum Gasteiger partial charge on any atom is 0.0666 e. The molecule has 1 atom stereocenters. The summed E-state index contributed by atoms with van der Waals surface area (Å²) in [6.45, 7) is 5.35. The third-order valence-corrected chi connectivity index (χ3v) is 3.45. The van der Waals surface area contributed by atoms with Crippen molar-refractivity contribution in [2.45, 2.75) is 45.2 Å². The van der Waals surface area contributed by atoms with Crippen LogP contribution in [-0.4, -0.2) is 28.9 Å². The number of nitrogens with one attached hydrogen (secondary N) is 2. The van der Waals surface area contributed by atoms with Gasteiger partial charge in [0.2, 0.25) is 0 Å². The van der Waals surface area contributed by atoms with E-state index in [0.717, 1.165) is 19.5 Å². The van der Waals surface area contributed by atoms with Crippen LogP contribution in [0.3, 0.4) is 0 Å². The first-order valence-corrected chi connectivity index (χ1v) is 6.75. The molecular formula is C13H24N4. The molecule has 1 unspecified atom stereocenters. The summed E-state index contributed by atoms with van der Waals surface area (Å²) in [5.74, 6) is 0. The van der Waals surface area contributed by atoms with Crippen LogP contribution in [0.15, 0.2) is 6.20 Å². The van der Waals surface area contributed by atoms with Gasteiger partial charge >= 0.3 is 0 Å². The molecule has 17 heavy (non-hydrogen) atoms. The Morgan fingerprint density at radius 2 is 2.41 bits per heavy atom. The van der Waals surface area contributed by atoms with E-state index in [2.05, 4.69) is 28.9 Å². The van der Waals surface area contributed by atoms with Gasteiger partial charge in [-0.05, 0) is 25.8 Å². The first-order chi connectivity index (χ1) is 8.29. The second kappa shape index (κ2) is 6.17. The summed E-state index contributed by atoms with van der Waals surface area (Å²) in [5.41, 5.74) is 2.56. The van der Waals surface area contributed by atoms with E-state index in [-0.39, 0.29) is 0 Å². The topological polar surface area (TPSA) is 41.9 Å². The Kier molecular flexibility index (Phi) is 4.57. The van der Waals surface area contributed by atoms with E-state index in [9.17, 15) is 0 Å². The van der Waals surface area contributed by atoms with E-state index in [4.69, 9.17) is 0 Å². The summed E-state index contributed by atoms with van der Waals surface area (Å²) >= 11 is 0. The van der Waals surface area contributed by atoms with Gasteiger partial charge in [-0.2, -0.15) is 5.10 Å². The smallest absolute Gasteiger partial charge is 0.0666 e. The molecule has 2 heterocycles. The van der Waals surface area contributed by atoms with Gasteiger partial charge in [0.05, 0.1) is 5.69 Å². The molecule has 1 aromatic heterocycles. The normalized spacial score (nSPS) is 20.7. The number of hydrogen-bond donors (Lipinski definition) is 2. The Morgan fingerprint density at radius 3 is 3.12 bits per heavy atom. The summed E-state index contributed by atoms with van der Waals surface area (Å²) in [6, 6.07) is 0.658. The molecule has 1 aliphatic rings. The molecule has 2 N–H and O–H groups in total. The van der Waals surface area contributed by atoms with Gasteiger partial charge in [0, 0.05) is 37.9 Å². The molecule has 0 aliphatic carbocycles. The van der Waals surface area contributed by atoms with Crippen molar-refractivity contribution >= 4 is 0 Å². The second-order valence-electron chi connectivity index (χ2n) is 4.91. The number of rotatable bonds is 5. The highest BCUT2D eigenvalue weighted by Gasteiger charge is 2.12. The Balaban J connectivity index is 1.76. The van der Waals surface area contributed by atoms with Gasteiger partial charge in [0.15, 0.2) is 0 Å². The van der Waals surface area contributed by atoms with Crippen LogP contribution in [0, 0.1) is 0 Å². The number of aromatic nitrogens is 2. The van der Waals surface area contributed by atoms with E-state index in [1.807, 2.05) is 11.7 Å². The van der Waals surface area contributed by atoms with E-state index >= 15 is 0 Å². The molecule has 4 heteroatoms. The fourth-order valence-corrected chi connectivity index (χ4v) is 2.51. The standard InChI is InChI=1S/C13H24N4/c1-3-13-11(10-17(2)16-13)8-14-9-12-6-4-5-7-15-12/h10,12,14-15H,3-9H2,1-2H3. The Hall–Kier alpha value is -0.870. The van der Waals surface area contributed by atoms with E-state index < -0.39 is 0 Å². The molecule has 0 spiro atoms. The second-order valence-corrected chi connectivity index (χ2v) is 4.91. The molecule has 1 aromatic rings. The fourth-order valence-electron chi connectivity index (χ4n) is 2.51. The van der Waals surface area contributed by atoms with Crippen LogP contribution in [0.4, 0.5) is 0 Å². The predicted molar refractivity (Wildman–Crippen MR) is 69.9 cm³/mol. The minimum Gasteiger partial charge on any atom is -0.313 e. The van der Waals surface area contributed by atoms with E-state index in [1.54, 1.807) is 0 Å². The van der Waals surface area contributed by atoms with Crippen LogP contribution in [0.2, 0.25) is 0 Å². The number of hydrogen-bond acceptors (Lipinski definition) is 3. The number of piperidine rings is 1. The number of aryl methyl sites for hydroxylation is 2. The highest BCUT2D eigenvalue weighted by atomic mass is 15.3. The van der Waals surface area contributed by atoms with Crippen molar-refractivity contribution in [3.63, 3.8) is 0 Å². The van der Waals surface area contributed by atoms with Crippen molar-refractivity contribution in [3.05, 3.63) is 17.5 Å². The lowest BCUT2D eigenvalue weighted by atomic mass is 10.1. The summed E-state index contributed by atoms with van der Waals surface area (Å²) < 4.78 is 1.91. The van der Waals surface area contributed by atoms with Crippen LogP contribution in [0.25, 0.3) is 0 Å². The minimum absolute atomic E-state index is 0.658. The van der Waals surface area contributed by atoms with E-state index in [0.29, 0.717) is 6.04 Å². The molecule has 1 aliphatic heterocycles. The van der Waals surface area contributed by atoms with Crippen LogP contribution in [-0.2, 0) is 20.0 Å². The summed E-state index contributed by atoms with van der Waals surface area (Å²) in [5, 5.41) is 11.6. The third-order valence-electron chi connectivity index (χ3n) is 3.45. The van der Waals surface area contributed by atoms with Gasteiger partial charge in [-0.25, -0.2) is 0 Å². The van der Waals surface area contributed by atoms with Crippen molar-refractivity contribution in [2.24, 2.45) is 7.05 Å². The van der Waals surface area contributed by atoms with E-state index in [1.165, 1.54) is 37.1 Å². The lowest BCUT2D eigenvalue weighted by molar-refractivity contribution is 0.383. The summed E-state index contributed by atoms with van der Waals surface area (Å²) in [6.07, 6.45) is 7.14. The SMILES string of the molecule is CCc1nn(C)cc1CNCC1CCCCN1. The zero-order valence-electron chi connectivity index (χ0n) is 11.0. The lowest BCUT2D eigenvalue weighted by Crippen LogP contribution is -2.41. The lowest BCUT2D eigenvalue weighted by Gasteiger charge is -2.23. The molecule has 0 saturated carbocycles. The Labute approximate surface area is 104 Å². The molecule has 0 amide bonds. The molecule has 4 nitrogen and oxygen atoms in total. The first kappa shape index (κ1) is 12.6. The van der Waals surface area contributed by atoms with Crippen LogP contribution in [0.1, 0.15) is 37.4 Å². The highest BCUT2D eigenvalue weighted by Crippen LogP contribution is 2.08. The van der Waals surface area contributed by atoms with Crippen molar-refractivity contribution in [3.8, 4) is 0 Å².